The highest BCUT2D eigenvalue weighted by Crippen LogP contribution is 2.36. The predicted octanol–water partition coefficient (Wildman–Crippen LogP) is 3.32. The van der Waals surface area contributed by atoms with Gasteiger partial charge in [-0.25, -0.2) is 16.8 Å². The summed E-state index contributed by atoms with van der Waals surface area (Å²) in [5, 5.41) is 0.202. The molecule has 0 bridgehead atoms. The number of nitrogens with one attached hydrogen (secondary N) is 1. The van der Waals surface area contributed by atoms with Gasteiger partial charge in [-0.1, -0.05) is 17.7 Å². The van der Waals surface area contributed by atoms with Crippen LogP contribution < -0.4 is 9.46 Å². The molecule has 0 aliphatic heterocycles. The molecule has 0 fully saturated rings. The first-order valence-corrected chi connectivity index (χ1v) is 10.9. The third-order valence-corrected chi connectivity index (χ3v) is 6.29. The van der Waals surface area contributed by atoms with Gasteiger partial charge in [0.15, 0.2) is 15.6 Å². The normalized spacial score (nSPS) is 12.0. The lowest BCUT2D eigenvalue weighted by molar-refractivity contribution is 0.400. The molecule has 1 N–H and O–H groups in total. The van der Waals surface area contributed by atoms with Gasteiger partial charge in [0, 0.05) is 11.3 Å². The molecule has 6 nitrogen and oxygen atoms in total. The van der Waals surface area contributed by atoms with Gasteiger partial charge in [0.1, 0.15) is 4.90 Å². The molecule has 0 unspecified atom stereocenters. The van der Waals surface area contributed by atoms with E-state index in [-0.39, 0.29) is 26.3 Å². The molecule has 0 aliphatic rings. The van der Waals surface area contributed by atoms with Crippen molar-refractivity contribution in [3.05, 3.63) is 45.9 Å². The molecule has 0 heterocycles. The molecule has 0 aromatic heterocycles. The van der Waals surface area contributed by atoms with Crippen LogP contribution in [-0.2, 0) is 19.9 Å². The summed E-state index contributed by atoms with van der Waals surface area (Å²) in [6, 6.07) is 8.25. The summed E-state index contributed by atoms with van der Waals surface area (Å²) < 4.78 is 56.2. The molecule has 10 heteroatoms. The fraction of sp³-hybridized carbons (Fsp3) is 0.143. The van der Waals surface area contributed by atoms with Crippen molar-refractivity contribution in [3.63, 3.8) is 0 Å². The van der Waals surface area contributed by atoms with Crippen molar-refractivity contribution in [2.45, 2.75) is 9.79 Å². The molecule has 2 aromatic carbocycles. The van der Waals surface area contributed by atoms with Crippen molar-refractivity contribution in [1.82, 2.24) is 0 Å². The Kier molecular flexibility index (Phi) is 5.48. The second-order valence-corrected chi connectivity index (χ2v) is 9.78. The van der Waals surface area contributed by atoms with Crippen LogP contribution >= 0.6 is 27.5 Å². The van der Waals surface area contributed by atoms with Crippen molar-refractivity contribution < 1.29 is 21.6 Å². The van der Waals surface area contributed by atoms with Crippen LogP contribution in [0.4, 0.5) is 5.69 Å². The van der Waals surface area contributed by atoms with Gasteiger partial charge in [0.25, 0.3) is 10.0 Å². The van der Waals surface area contributed by atoms with E-state index in [0.29, 0.717) is 4.47 Å². The van der Waals surface area contributed by atoms with Gasteiger partial charge in [0.2, 0.25) is 0 Å². The minimum atomic E-state index is -4.05. The van der Waals surface area contributed by atoms with E-state index in [2.05, 4.69) is 20.7 Å². The van der Waals surface area contributed by atoms with Crippen molar-refractivity contribution in [2.75, 3.05) is 18.1 Å². The fourth-order valence-electron chi connectivity index (χ4n) is 1.93. The Morgan fingerprint density at radius 2 is 1.79 bits per heavy atom. The predicted molar refractivity (Wildman–Crippen MR) is 96.1 cm³/mol. The molecule has 0 atom stereocenters. The first kappa shape index (κ1) is 19.0. The Morgan fingerprint density at radius 3 is 2.38 bits per heavy atom. The first-order chi connectivity index (χ1) is 11.0. The first-order valence-electron chi connectivity index (χ1n) is 6.40. The van der Waals surface area contributed by atoms with Crippen LogP contribution in [0, 0.1) is 0 Å². The molecule has 130 valence electrons. The maximum absolute atomic E-state index is 12.6. The number of sulfonamides is 1. The molecule has 0 saturated heterocycles. The van der Waals surface area contributed by atoms with Crippen molar-refractivity contribution in [1.29, 1.82) is 0 Å². The quantitative estimate of drug-likeness (QED) is 0.748. The summed E-state index contributed by atoms with van der Waals surface area (Å²) in [5.74, 6) is 0.0890. The largest absolute Gasteiger partial charge is 0.494 e. The number of rotatable bonds is 5. The van der Waals surface area contributed by atoms with Gasteiger partial charge in [-0.3, -0.25) is 4.72 Å². The Hall–Kier alpha value is -1.29. The zero-order valence-electron chi connectivity index (χ0n) is 12.6. The van der Waals surface area contributed by atoms with Gasteiger partial charge >= 0.3 is 0 Å². The van der Waals surface area contributed by atoms with Crippen LogP contribution in [0.2, 0.25) is 5.02 Å². The van der Waals surface area contributed by atoms with Crippen LogP contribution in [0.25, 0.3) is 0 Å². The molecule has 2 rings (SSSR count). The van der Waals surface area contributed by atoms with E-state index in [1.165, 1.54) is 43.5 Å². The minimum Gasteiger partial charge on any atom is -0.494 e. The zero-order valence-corrected chi connectivity index (χ0v) is 16.6. The Morgan fingerprint density at radius 1 is 1.12 bits per heavy atom. The number of ether oxygens (including phenoxy) is 1. The summed E-state index contributed by atoms with van der Waals surface area (Å²) in [7, 11) is -6.18. The van der Waals surface area contributed by atoms with Crippen LogP contribution in [0.3, 0.4) is 0 Å². The van der Waals surface area contributed by atoms with E-state index in [4.69, 9.17) is 16.3 Å². The van der Waals surface area contributed by atoms with Crippen molar-refractivity contribution in [3.8, 4) is 5.75 Å². The molecular weight excluding hydrogens is 442 g/mol. The van der Waals surface area contributed by atoms with Crippen molar-refractivity contribution >= 4 is 53.1 Å². The average Bonchev–Trinajstić information content (AvgIpc) is 2.45. The zero-order chi connectivity index (χ0) is 18.1. The van der Waals surface area contributed by atoms with E-state index >= 15 is 0 Å². The smallest absolute Gasteiger partial charge is 0.265 e. The summed E-state index contributed by atoms with van der Waals surface area (Å²) in [6.45, 7) is 0. The maximum Gasteiger partial charge on any atom is 0.265 e. The van der Waals surface area contributed by atoms with Crippen LogP contribution in [0.15, 0.2) is 50.7 Å². The number of halogens is 2. The summed E-state index contributed by atoms with van der Waals surface area (Å²) in [4.78, 5) is -0.170. The van der Waals surface area contributed by atoms with Gasteiger partial charge in [-0.15, -0.1) is 0 Å². The Bertz CT molecular complexity index is 990. The lowest BCUT2D eigenvalue weighted by Gasteiger charge is -2.14. The van der Waals surface area contributed by atoms with Crippen LogP contribution in [-0.4, -0.2) is 30.2 Å². The number of hydrogen-bond donors (Lipinski definition) is 1. The standard InChI is InChI=1S/C14H13BrClNO5S2/c1-22-14-12(15)6-9(16)7-13(14)24(20,21)17-10-4-3-5-11(8-10)23(2,18)19/h3-8,17H,1-2H3. The number of benzene rings is 2. The summed E-state index contributed by atoms with van der Waals surface area (Å²) in [5.41, 5.74) is 0.107. The molecule has 0 saturated carbocycles. The van der Waals surface area contributed by atoms with E-state index in [0.717, 1.165) is 6.26 Å². The monoisotopic (exact) mass is 453 g/mol. The van der Waals surface area contributed by atoms with E-state index in [1.54, 1.807) is 0 Å². The maximum atomic E-state index is 12.6. The molecule has 0 amide bonds. The van der Waals surface area contributed by atoms with E-state index in [1.807, 2.05) is 0 Å². The van der Waals surface area contributed by atoms with Gasteiger partial charge < -0.3 is 4.74 Å². The third kappa shape index (κ3) is 4.21. The molecular formula is C14H13BrClNO5S2. The highest BCUT2D eigenvalue weighted by Gasteiger charge is 2.23. The van der Waals surface area contributed by atoms with E-state index < -0.39 is 19.9 Å². The summed E-state index contributed by atoms with van der Waals surface area (Å²) in [6.07, 6.45) is 1.04. The lowest BCUT2D eigenvalue weighted by atomic mass is 10.3. The summed E-state index contributed by atoms with van der Waals surface area (Å²) >= 11 is 9.11. The second kappa shape index (κ2) is 6.91. The van der Waals surface area contributed by atoms with Crippen molar-refractivity contribution in [2.24, 2.45) is 0 Å². The molecule has 2 aromatic rings. The van der Waals surface area contributed by atoms with Gasteiger partial charge in [0.05, 0.1) is 22.2 Å². The van der Waals surface area contributed by atoms with Gasteiger partial charge in [-0.05, 0) is 46.3 Å². The number of methoxy groups -OCH3 is 1. The number of anilines is 1. The van der Waals surface area contributed by atoms with Crippen LogP contribution in [0.5, 0.6) is 5.75 Å². The molecule has 0 aliphatic carbocycles. The fourth-order valence-corrected chi connectivity index (χ4v) is 5.04. The highest BCUT2D eigenvalue weighted by molar-refractivity contribution is 9.10. The van der Waals surface area contributed by atoms with Gasteiger partial charge in [-0.2, -0.15) is 0 Å². The number of sulfone groups is 1. The second-order valence-electron chi connectivity index (χ2n) is 4.82. The molecule has 0 spiro atoms. The molecule has 0 radical (unpaired) electrons. The molecule has 24 heavy (non-hydrogen) atoms. The Labute approximate surface area is 153 Å². The average molecular weight is 455 g/mol. The number of hydrogen-bond acceptors (Lipinski definition) is 5. The Balaban J connectivity index is 2.51. The minimum absolute atomic E-state index is 0.00180. The highest BCUT2D eigenvalue weighted by atomic mass is 79.9. The topological polar surface area (TPSA) is 89.5 Å². The van der Waals surface area contributed by atoms with Crippen LogP contribution in [0.1, 0.15) is 0 Å². The SMILES string of the molecule is COc1c(Br)cc(Cl)cc1S(=O)(=O)Nc1cccc(S(C)(=O)=O)c1. The lowest BCUT2D eigenvalue weighted by Crippen LogP contribution is -2.14. The third-order valence-electron chi connectivity index (χ3n) is 2.98. The van der Waals surface area contributed by atoms with E-state index in [9.17, 15) is 16.8 Å².